The molecule has 6 nitrogen and oxygen atoms in total. The number of aromatic nitrogens is 2. The molecule has 0 radical (unpaired) electrons. The van der Waals surface area contributed by atoms with Crippen LogP contribution in [-0.2, 0) is 0 Å². The van der Waals surface area contributed by atoms with Gasteiger partial charge in [0.15, 0.2) is 5.82 Å². The van der Waals surface area contributed by atoms with Crippen molar-refractivity contribution in [2.24, 2.45) is 0 Å². The number of nitrogens with zero attached hydrogens (tertiary/aromatic N) is 3. The van der Waals surface area contributed by atoms with E-state index in [1.54, 1.807) is 24.4 Å². The van der Waals surface area contributed by atoms with Gasteiger partial charge in [-0.15, -0.1) is 0 Å². The summed E-state index contributed by atoms with van der Waals surface area (Å²) in [5.41, 5.74) is 2.14. The second kappa shape index (κ2) is 8.84. The Morgan fingerprint density at radius 1 is 0.963 bits per heavy atom. The van der Waals surface area contributed by atoms with Gasteiger partial charge in [-0.05, 0) is 31.2 Å². The van der Waals surface area contributed by atoms with Crippen molar-refractivity contribution >= 4 is 28.8 Å². The molecule has 0 aliphatic heterocycles. The fraction of sp³-hybridized carbons (Fsp3) is 0.200. The van der Waals surface area contributed by atoms with E-state index in [0.717, 1.165) is 17.9 Å². The van der Waals surface area contributed by atoms with Crippen LogP contribution >= 0.6 is 0 Å². The number of nitrogens with one attached hydrogen (secondary N) is 3. The average molecular weight is 366 g/mol. The molecule has 140 valence electrons. The van der Waals surface area contributed by atoms with Crippen LogP contribution in [0.3, 0.4) is 0 Å². The Labute approximate surface area is 158 Å². The van der Waals surface area contributed by atoms with Gasteiger partial charge in [-0.1, -0.05) is 30.3 Å². The Hall–Kier alpha value is -3.35. The van der Waals surface area contributed by atoms with Gasteiger partial charge in [-0.3, -0.25) is 0 Å². The van der Waals surface area contributed by atoms with E-state index in [0.29, 0.717) is 24.1 Å². The molecular weight excluding hydrogens is 343 g/mol. The fourth-order valence-corrected chi connectivity index (χ4v) is 2.66. The number of halogens is 1. The highest BCUT2D eigenvalue weighted by atomic mass is 19.1. The van der Waals surface area contributed by atoms with E-state index in [1.807, 2.05) is 49.2 Å². The molecule has 3 N–H and O–H groups in total. The van der Waals surface area contributed by atoms with Gasteiger partial charge in [-0.2, -0.15) is 4.98 Å². The Morgan fingerprint density at radius 2 is 1.70 bits per heavy atom. The van der Waals surface area contributed by atoms with E-state index in [-0.39, 0.29) is 5.82 Å². The molecule has 0 atom stereocenters. The van der Waals surface area contributed by atoms with Gasteiger partial charge >= 0.3 is 0 Å². The lowest BCUT2D eigenvalue weighted by Gasteiger charge is -2.27. The quantitative estimate of drug-likeness (QED) is 0.517. The standard InChI is InChI=1S/C20H23FN6/c1-3-23-20-24-13-18(22-2)19(26-20)27(15-9-5-4-6-10-15)14-25-17-12-8-7-11-16(17)21/h4-13,22,25H,3,14H2,1-2H3,(H,23,24,26). The highest BCUT2D eigenvalue weighted by molar-refractivity contribution is 5.73. The fourth-order valence-electron chi connectivity index (χ4n) is 2.66. The van der Waals surface area contributed by atoms with Gasteiger partial charge in [0.05, 0.1) is 24.2 Å². The molecule has 0 saturated carbocycles. The molecule has 7 heteroatoms. The van der Waals surface area contributed by atoms with Gasteiger partial charge in [0.25, 0.3) is 0 Å². The molecule has 1 heterocycles. The van der Waals surface area contributed by atoms with Crippen molar-refractivity contribution in [3.05, 3.63) is 66.6 Å². The van der Waals surface area contributed by atoms with Gasteiger partial charge in [-0.25, -0.2) is 9.37 Å². The number of hydrogen-bond acceptors (Lipinski definition) is 6. The molecule has 1 aromatic heterocycles. The van der Waals surface area contributed by atoms with Crippen LogP contribution < -0.4 is 20.9 Å². The van der Waals surface area contributed by atoms with Gasteiger partial charge in [0, 0.05) is 19.3 Å². The van der Waals surface area contributed by atoms with Crippen LogP contribution in [0.5, 0.6) is 0 Å². The maximum absolute atomic E-state index is 14.0. The van der Waals surface area contributed by atoms with Crippen LogP contribution in [-0.4, -0.2) is 30.2 Å². The third kappa shape index (κ3) is 4.44. The van der Waals surface area contributed by atoms with Crippen LogP contribution in [0.4, 0.5) is 33.2 Å². The Kier molecular flexibility index (Phi) is 6.04. The van der Waals surface area contributed by atoms with Crippen LogP contribution in [0.1, 0.15) is 6.92 Å². The molecular formula is C20H23FN6. The summed E-state index contributed by atoms with van der Waals surface area (Å²) >= 11 is 0. The lowest BCUT2D eigenvalue weighted by molar-refractivity contribution is 0.630. The molecule has 0 unspecified atom stereocenters. The van der Waals surface area contributed by atoms with E-state index < -0.39 is 0 Å². The minimum Gasteiger partial charge on any atom is -0.384 e. The average Bonchev–Trinajstić information content (AvgIpc) is 2.71. The largest absolute Gasteiger partial charge is 0.384 e. The maximum atomic E-state index is 14.0. The monoisotopic (exact) mass is 366 g/mol. The van der Waals surface area contributed by atoms with Crippen LogP contribution in [0.25, 0.3) is 0 Å². The Balaban J connectivity index is 1.97. The zero-order valence-corrected chi connectivity index (χ0v) is 15.4. The smallest absolute Gasteiger partial charge is 0.224 e. The second-order valence-corrected chi connectivity index (χ2v) is 5.79. The summed E-state index contributed by atoms with van der Waals surface area (Å²) < 4.78 is 14.0. The first-order chi connectivity index (χ1) is 13.2. The summed E-state index contributed by atoms with van der Waals surface area (Å²) in [5, 5.41) is 9.41. The predicted molar refractivity (Wildman–Crippen MR) is 109 cm³/mol. The van der Waals surface area contributed by atoms with Crippen molar-refractivity contribution in [1.29, 1.82) is 0 Å². The molecule has 0 bridgehead atoms. The zero-order valence-electron chi connectivity index (χ0n) is 15.4. The lowest BCUT2D eigenvalue weighted by atomic mass is 10.2. The van der Waals surface area contributed by atoms with Crippen molar-refractivity contribution in [3.8, 4) is 0 Å². The number of rotatable bonds is 8. The topological polar surface area (TPSA) is 65.1 Å². The number of benzene rings is 2. The molecule has 0 aliphatic carbocycles. The molecule has 0 spiro atoms. The van der Waals surface area contributed by atoms with Crippen LogP contribution in [0.2, 0.25) is 0 Å². The Bertz CT molecular complexity index is 871. The normalized spacial score (nSPS) is 10.3. The van der Waals surface area contributed by atoms with Crippen molar-refractivity contribution in [3.63, 3.8) is 0 Å². The van der Waals surface area contributed by atoms with E-state index in [2.05, 4.69) is 25.9 Å². The number of para-hydroxylation sites is 2. The highest BCUT2D eigenvalue weighted by Gasteiger charge is 2.17. The van der Waals surface area contributed by atoms with E-state index >= 15 is 0 Å². The van der Waals surface area contributed by atoms with Gasteiger partial charge in [0.2, 0.25) is 5.95 Å². The SMILES string of the molecule is CCNc1ncc(NC)c(N(CNc2ccccc2F)c2ccccc2)n1. The molecule has 0 saturated heterocycles. The lowest BCUT2D eigenvalue weighted by Crippen LogP contribution is -2.27. The minimum atomic E-state index is -0.296. The van der Waals surface area contributed by atoms with E-state index in [1.165, 1.54) is 6.07 Å². The van der Waals surface area contributed by atoms with Crippen molar-refractivity contribution < 1.29 is 4.39 Å². The van der Waals surface area contributed by atoms with Gasteiger partial charge in [0.1, 0.15) is 5.82 Å². The van der Waals surface area contributed by atoms with Crippen LogP contribution in [0, 0.1) is 5.82 Å². The summed E-state index contributed by atoms with van der Waals surface area (Å²) in [6.07, 6.45) is 1.74. The first-order valence-corrected chi connectivity index (χ1v) is 8.82. The predicted octanol–water partition coefficient (Wildman–Crippen LogP) is 4.30. The van der Waals surface area contributed by atoms with Crippen molar-refractivity contribution in [2.45, 2.75) is 6.92 Å². The molecule has 3 rings (SSSR count). The van der Waals surface area contributed by atoms with E-state index in [4.69, 9.17) is 0 Å². The first kappa shape index (κ1) is 18.4. The Morgan fingerprint density at radius 3 is 2.41 bits per heavy atom. The number of anilines is 5. The molecule has 2 aromatic carbocycles. The summed E-state index contributed by atoms with van der Waals surface area (Å²) in [7, 11) is 1.82. The van der Waals surface area contributed by atoms with Crippen LogP contribution in [0.15, 0.2) is 60.8 Å². The van der Waals surface area contributed by atoms with Gasteiger partial charge < -0.3 is 20.9 Å². The maximum Gasteiger partial charge on any atom is 0.224 e. The molecule has 0 fully saturated rings. The summed E-state index contributed by atoms with van der Waals surface area (Å²) in [4.78, 5) is 10.9. The molecule has 3 aromatic rings. The molecule has 27 heavy (non-hydrogen) atoms. The third-order valence-electron chi connectivity index (χ3n) is 4.00. The summed E-state index contributed by atoms with van der Waals surface area (Å²) in [6, 6.07) is 16.4. The molecule has 0 amide bonds. The second-order valence-electron chi connectivity index (χ2n) is 5.79. The summed E-state index contributed by atoms with van der Waals surface area (Å²) in [6.45, 7) is 3.04. The highest BCUT2D eigenvalue weighted by Crippen LogP contribution is 2.30. The van der Waals surface area contributed by atoms with E-state index in [9.17, 15) is 4.39 Å². The zero-order chi connectivity index (χ0) is 19.1. The third-order valence-corrected chi connectivity index (χ3v) is 4.00. The summed E-state index contributed by atoms with van der Waals surface area (Å²) in [5.74, 6) is 0.937. The minimum absolute atomic E-state index is 0.296. The first-order valence-electron chi connectivity index (χ1n) is 8.82. The van der Waals surface area contributed by atoms with Crippen molar-refractivity contribution in [2.75, 3.05) is 41.1 Å². The number of hydrogen-bond donors (Lipinski definition) is 3. The molecule has 0 aliphatic rings. The van der Waals surface area contributed by atoms with Crippen molar-refractivity contribution in [1.82, 2.24) is 9.97 Å².